The SMILES string of the molecule is CCNC(=O)[C@H]1O[C@@H](n2cnc3c(NC(=O)Nc4ccc(S(=O)(=O)N(CC)CC)cc4)ncnc32)[C@@H]2OC(C)(C)O[C@@H]21. The van der Waals surface area contributed by atoms with E-state index in [2.05, 4.69) is 30.9 Å². The van der Waals surface area contributed by atoms with Crippen molar-refractivity contribution >= 4 is 44.6 Å². The van der Waals surface area contributed by atoms with E-state index in [-0.39, 0.29) is 22.1 Å². The summed E-state index contributed by atoms with van der Waals surface area (Å²) in [6, 6.07) is 5.26. The van der Waals surface area contributed by atoms with Gasteiger partial charge in [0, 0.05) is 25.3 Å². The van der Waals surface area contributed by atoms with Crippen molar-refractivity contribution < 1.29 is 32.2 Å². The number of anilines is 2. The number of carbonyl (C=O) groups is 2. The second kappa shape index (κ2) is 11.5. The van der Waals surface area contributed by atoms with Crippen molar-refractivity contribution in [1.82, 2.24) is 29.1 Å². The number of carbonyl (C=O) groups excluding carboxylic acids is 2. The molecule has 2 fully saturated rings. The fourth-order valence-electron chi connectivity index (χ4n) is 5.11. The van der Waals surface area contributed by atoms with E-state index >= 15 is 0 Å². The first-order valence-electron chi connectivity index (χ1n) is 13.6. The summed E-state index contributed by atoms with van der Waals surface area (Å²) in [5, 5.41) is 8.09. The van der Waals surface area contributed by atoms with Gasteiger partial charge in [-0.2, -0.15) is 4.31 Å². The average Bonchev–Trinajstić information content (AvgIpc) is 3.60. The zero-order chi connectivity index (χ0) is 30.2. The highest BCUT2D eigenvalue weighted by molar-refractivity contribution is 7.89. The van der Waals surface area contributed by atoms with Crippen LogP contribution in [0.3, 0.4) is 0 Å². The van der Waals surface area contributed by atoms with Gasteiger partial charge < -0.3 is 24.8 Å². The van der Waals surface area contributed by atoms with E-state index < -0.39 is 46.4 Å². The van der Waals surface area contributed by atoms with Crippen LogP contribution < -0.4 is 16.0 Å². The maximum Gasteiger partial charge on any atom is 0.324 e. The van der Waals surface area contributed by atoms with Gasteiger partial charge in [-0.1, -0.05) is 13.8 Å². The number of amides is 3. The Hall–Kier alpha value is -3.70. The predicted octanol–water partition coefficient (Wildman–Crippen LogP) is 2.05. The van der Waals surface area contributed by atoms with Crippen LogP contribution in [-0.4, -0.2) is 87.9 Å². The summed E-state index contributed by atoms with van der Waals surface area (Å²) in [6.45, 7) is 10.0. The van der Waals surface area contributed by atoms with Gasteiger partial charge in [-0.15, -0.1) is 0 Å². The fourth-order valence-corrected chi connectivity index (χ4v) is 6.57. The van der Waals surface area contributed by atoms with Crippen molar-refractivity contribution in [2.75, 3.05) is 30.3 Å². The van der Waals surface area contributed by atoms with Gasteiger partial charge in [-0.05, 0) is 45.0 Å². The number of benzene rings is 1. The van der Waals surface area contributed by atoms with Crippen LogP contribution in [0, 0.1) is 0 Å². The summed E-state index contributed by atoms with van der Waals surface area (Å²) in [5.74, 6) is -1.10. The van der Waals surface area contributed by atoms with E-state index in [9.17, 15) is 18.0 Å². The maximum absolute atomic E-state index is 12.8. The minimum absolute atomic E-state index is 0.131. The van der Waals surface area contributed by atoms with E-state index in [1.165, 1.54) is 41.2 Å². The van der Waals surface area contributed by atoms with Crippen LogP contribution in [0.15, 0.2) is 41.8 Å². The second-order valence-corrected chi connectivity index (χ2v) is 12.1. The molecule has 0 bridgehead atoms. The maximum atomic E-state index is 12.8. The Labute approximate surface area is 243 Å². The first-order chi connectivity index (χ1) is 20.0. The van der Waals surface area contributed by atoms with E-state index in [1.54, 1.807) is 32.3 Å². The summed E-state index contributed by atoms with van der Waals surface area (Å²) in [5.41, 5.74) is 1.01. The van der Waals surface area contributed by atoms with Crippen molar-refractivity contribution in [2.24, 2.45) is 0 Å². The number of urea groups is 1. The Morgan fingerprint density at radius 3 is 2.36 bits per heavy atom. The lowest BCUT2D eigenvalue weighted by atomic mass is 10.1. The molecular formula is C26H34N8O7S. The van der Waals surface area contributed by atoms with Crippen LogP contribution in [0.4, 0.5) is 16.3 Å². The van der Waals surface area contributed by atoms with Crippen molar-refractivity contribution in [3.8, 4) is 0 Å². The predicted molar refractivity (Wildman–Crippen MR) is 151 cm³/mol. The molecular weight excluding hydrogens is 568 g/mol. The van der Waals surface area contributed by atoms with Crippen molar-refractivity contribution in [3.63, 3.8) is 0 Å². The lowest BCUT2D eigenvalue weighted by molar-refractivity contribution is -0.197. The number of aromatic nitrogens is 4. The molecule has 4 heterocycles. The van der Waals surface area contributed by atoms with E-state index in [0.29, 0.717) is 31.0 Å². The molecule has 4 atom stereocenters. The fraction of sp³-hybridized carbons (Fsp3) is 0.500. The standard InChI is InChI=1S/C26H34N8O7S/c1-6-27-23(35)19-18-20(41-26(4,5)40-18)24(39-19)34-14-30-17-21(28-13-29-22(17)34)32-25(36)31-15-9-11-16(12-10-15)42(37,38)33(7-2)8-3/h9-14,18-20,24H,6-8H2,1-5H3,(H,27,35)(H2,28,29,31,32,36)/t18-,19+,20-,24-/m1/s1. The van der Waals surface area contributed by atoms with Crippen molar-refractivity contribution in [1.29, 1.82) is 0 Å². The molecule has 3 amide bonds. The Morgan fingerprint density at radius 1 is 1.00 bits per heavy atom. The Balaban J connectivity index is 1.33. The summed E-state index contributed by atoms with van der Waals surface area (Å²) >= 11 is 0. The van der Waals surface area contributed by atoms with Crippen molar-refractivity contribution in [3.05, 3.63) is 36.9 Å². The third-order valence-electron chi connectivity index (χ3n) is 6.96. The number of likely N-dealkylation sites (N-methyl/N-ethyl adjacent to an activating group) is 1. The molecule has 0 saturated carbocycles. The Kier molecular flexibility index (Phi) is 8.17. The summed E-state index contributed by atoms with van der Waals surface area (Å²) in [4.78, 5) is 38.6. The number of ether oxygens (including phenoxy) is 3. The van der Waals surface area contributed by atoms with Gasteiger partial charge in [0.2, 0.25) is 10.0 Å². The number of hydrogen-bond acceptors (Lipinski definition) is 10. The van der Waals surface area contributed by atoms with Crippen LogP contribution in [0.5, 0.6) is 0 Å². The van der Waals surface area contributed by atoms with Crippen LogP contribution in [0.25, 0.3) is 11.2 Å². The molecule has 3 N–H and O–H groups in total. The molecule has 3 aromatic rings. The van der Waals surface area contributed by atoms with Gasteiger partial charge in [0.15, 0.2) is 35.1 Å². The van der Waals surface area contributed by atoms with Crippen molar-refractivity contribution in [2.45, 2.75) is 69.8 Å². The highest BCUT2D eigenvalue weighted by atomic mass is 32.2. The summed E-state index contributed by atoms with van der Waals surface area (Å²) < 4.78 is 46.6. The lowest BCUT2D eigenvalue weighted by Crippen LogP contribution is -2.42. The monoisotopic (exact) mass is 602 g/mol. The van der Waals surface area contributed by atoms with Gasteiger partial charge >= 0.3 is 6.03 Å². The number of rotatable bonds is 9. The van der Waals surface area contributed by atoms with E-state index in [0.717, 1.165) is 0 Å². The second-order valence-electron chi connectivity index (χ2n) is 10.1. The zero-order valence-electron chi connectivity index (χ0n) is 23.9. The minimum Gasteiger partial charge on any atom is -0.354 e. The molecule has 2 aliphatic rings. The molecule has 0 radical (unpaired) electrons. The van der Waals surface area contributed by atoms with Gasteiger partial charge in [0.1, 0.15) is 18.5 Å². The number of sulfonamides is 1. The largest absolute Gasteiger partial charge is 0.354 e. The molecule has 42 heavy (non-hydrogen) atoms. The Morgan fingerprint density at radius 2 is 1.69 bits per heavy atom. The number of nitrogens with zero attached hydrogens (tertiary/aromatic N) is 5. The number of imidazole rings is 1. The highest BCUT2D eigenvalue weighted by Gasteiger charge is 2.58. The van der Waals surface area contributed by atoms with Crippen LogP contribution in [-0.2, 0) is 29.0 Å². The third-order valence-corrected chi connectivity index (χ3v) is 9.02. The average molecular weight is 603 g/mol. The molecule has 226 valence electrons. The molecule has 2 aromatic heterocycles. The van der Waals surface area contributed by atoms with Gasteiger partial charge in [0.25, 0.3) is 5.91 Å². The topological polar surface area (TPSA) is 179 Å². The highest BCUT2D eigenvalue weighted by Crippen LogP contribution is 2.44. The summed E-state index contributed by atoms with van der Waals surface area (Å²) in [6.07, 6.45) is -0.198. The number of hydrogen-bond donors (Lipinski definition) is 3. The normalized spacial score (nSPS) is 23.2. The molecule has 5 rings (SSSR count). The first kappa shape index (κ1) is 29.8. The molecule has 2 saturated heterocycles. The lowest BCUT2D eigenvalue weighted by Gasteiger charge is -2.24. The molecule has 0 unspecified atom stereocenters. The molecule has 2 aliphatic heterocycles. The number of fused-ring (bicyclic) bond motifs is 2. The van der Waals surface area contributed by atoms with Gasteiger partial charge in [0.05, 0.1) is 11.2 Å². The van der Waals surface area contributed by atoms with Gasteiger partial charge in [-0.3, -0.25) is 14.7 Å². The molecule has 16 heteroatoms. The Bertz CT molecular complexity index is 1570. The zero-order valence-corrected chi connectivity index (χ0v) is 24.7. The van der Waals surface area contributed by atoms with Crippen LogP contribution in [0.2, 0.25) is 0 Å². The quantitative estimate of drug-likeness (QED) is 0.328. The van der Waals surface area contributed by atoms with Crippen LogP contribution >= 0.6 is 0 Å². The smallest absolute Gasteiger partial charge is 0.324 e. The molecule has 1 aromatic carbocycles. The summed E-state index contributed by atoms with van der Waals surface area (Å²) in [7, 11) is -3.62. The first-order valence-corrected chi connectivity index (χ1v) is 15.1. The molecule has 0 aliphatic carbocycles. The third kappa shape index (κ3) is 5.55. The van der Waals surface area contributed by atoms with Crippen LogP contribution in [0.1, 0.15) is 40.8 Å². The van der Waals surface area contributed by atoms with Gasteiger partial charge in [-0.25, -0.2) is 28.2 Å². The molecule has 15 nitrogen and oxygen atoms in total. The van der Waals surface area contributed by atoms with E-state index in [1.807, 2.05) is 6.92 Å². The van der Waals surface area contributed by atoms with E-state index in [4.69, 9.17) is 14.2 Å². The molecule has 0 spiro atoms. The number of nitrogens with one attached hydrogen (secondary N) is 3. The minimum atomic E-state index is -3.62.